The van der Waals surface area contributed by atoms with Crippen molar-refractivity contribution in [3.05, 3.63) is 94.8 Å². The number of hydrazone groups is 1. The number of benzene rings is 2. The second-order valence-electron chi connectivity index (χ2n) is 6.19. The van der Waals surface area contributed by atoms with Crippen LogP contribution in [0, 0.1) is 6.92 Å². The molecule has 3 aromatic rings. The first-order valence-electron chi connectivity index (χ1n) is 8.82. The predicted molar refractivity (Wildman–Crippen MR) is 111 cm³/mol. The van der Waals surface area contributed by atoms with Crippen molar-refractivity contribution < 1.29 is 9.53 Å². The van der Waals surface area contributed by atoms with Crippen molar-refractivity contribution in [3.8, 4) is 5.75 Å². The summed E-state index contributed by atoms with van der Waals surface area (Å²) in [6.07, 6.45) is 0.953. The Morgan fingerprint density at radius 1 is 1.11 bits per heavy atom. The van der Waals surface area contributed by atoms with Crippen LogP contribution in [0.5, 0.6) is 5.75 Å². The second-order valence-corrected chi connectivity index (χ2v) is 6.62. The molecule has 0 spiro atoms. The number of halogens is 1. The van der Waals surface area contributed by atoms with Gasteiger partial charge >= 0.3 is 0 Å². The van der Waals surface area contributed by atoms with Gasteiger partial charge < -0.3 is 4.74 Å². The zero-order valence-electron chi connectivity index (χ0n) is 15.6. The van der Waals surface area contributed by atoms with E-state index in [2.05, 4.69) is 15.5 Å². The highest BCUT2D eigenvalue weighted by atomic mass is 35.5. The number of aromatic nitrogens is 1. The Morgan fingerprint density at radius 3 is 2.54 bits per heavy atom. The maximum Gasteiger partial charge on any atom is 0.280 e. The van der Waals surface area contributed by atoms with Crippen LogP contribution in [0.25, 0.3) is 0 Å². The van der Waals surface area contributed by atoms with Crippen LogP contribution in [0.2, 0.25) is 5.02 Å². The molecule has 3 rings (SSSR count). The fourth-order valence-electron chi connectivity index (χ4n) is 2.56. The van der Waals surface area contributed by atoms with Crippen molar-refractivity contribution in [3.63, 3.8) is 0 Å². The molecule has 28 heavy (non-hydrogen) atoms. The SMILES string of the molecule is Cc1cc(Cl)ccc1O[C@H](C)C(=O)NN=C(c1ccccc1)c1ccccn1. The monoisotopic (exact) mass is 393 g/mol. The Kier molecular flexibility index (Phi) is 6.40. The summed E-state index contributed by atoms with van der Waals surface area (Å²) in [7, 11) is 0. The maximum atomic E-state index is 12.5. The molecule has 5 nitrogen and oxygen atoms in total. The zero-order valence-corrected chi connectivity index (χ0v) is 16.4. The molecular formula is C22H20ClN3O2. The lowest BCUT2D eigenvalue weighted by atomic mass is 10.1. The van der Waals surface area contributed by atoms with E-state index in [0.29, 0.717) is 22.2 Å². The molecule has 0 bridgehead atoms. The average molecular weight is 394 g/mol. The number of ether oxygens (including phenoxy) is 1. The van der Waals surface area contributed by atoms with E-state index in [1.54, 1.807) is 31.3 Å². The fourth-order valence-corrected chi connectivity index (χ4v) is 2.79. The summed E-state index contributed by atoms with van der Waals surface area (Å²) in [5.74, 6) is 0.239. The van der Waals surface area contributed by atoms with Crippen LogP contribution in [0.4, 0.5) is 0 Å². The number of amides is 1. The summed E-state index contributed by atoms with van der Waals surface area (Å²) in [5, 5.41) is 4.94. The van der Waals surface area contributed by atoms with Gasteiger partial charge in [0.1, 0.15) is 11.5 Å². The lowest BCUT2D eigenvalue weighted by molar-refractivity contribution is -0.127. The molecule has 142 valence electrons. The summed E-state index contributed by atoms with van der Waals surface area (Å²) in [6.45, 7) is 3.54. The largest absolute Gasteiger partial charge is 0.481 e. The van der Waals surface area contributed by atoms with Crippen LogP contribution in [0.1, 0.15) is 23.7 Å². The molecule has 0 saturated heterocycles. The third-order valence-electron chi connectivity index (χ3n) is 4.04. The summed E-state index contributed by atoms with van der Waals surface area (Å²) in [6, 6.07) is 20.4. The summed E-state index contributed by atoms with van der Waals surface area (Å²) in [4.78, 5) is 16.8. The molecule has 0 saturated carbocycles. The van der Waals surface area contributed by atoms with Crippen molar-refractivity contribution in [1.82, 2.24) is 10.4 Å². The minimum atomic E-state index is -0.732. The molecule has 2 aromatic carbocycles. The highest BCUT2D eigenvalue weighted by Gasteiger charge is 2.16. The average Bonchev–Trinajstić information content (AvgIpc) is 2.71. The van der Waals surface area contributed by atoms with Gasteiger partial charge in [-0.25, -0.2) is 5.43 Å². The molecule has 0 aliphatic carbocycles. The minimum Gasteiger partial charge on any atom is -0.481 e. The summed E-state index contributed by atoms with van der Waals surface area (Å²) >= 11 is 5.96. The van der Waals surface area contributed by atoms with Crippen molar-refractivity contribution in [2.45, 2.75) is 20.0 Å². The topological polar surface area (TPSA) is 63.6 Å². The molecule has 1 atom stereocenters. The van der Waals surface area contributed by atoms with Crippen LogP contribution in [-0.4, -0.2) is 22.7 Å². The number of pyridine rings is 1. The highest BCUT2D eigenvalue weighted by molar-refractivity contribution is 6.30. The Labute approximate surface area is 169 Å². The highest BCUT2D eigenvalue weighted by Crippen LogP contribution is 2.22. The van der Waals surface area contributed by atoms with E-state index >= 15 is 0 Å². The van der Waals surface area contributed by atoms with E-state index in [0.717, 1.165) is 11.1 Å². The van der Waals surface area contributed by atoms with E-state index in [1.807, 2.05) is 55.5 Å². The Hall–Kier alpha value is -3.18. The quantitative estimate of drug-likeness (QED) is 0.499. The molecule has 0 radical (unpaired) electrons. The van der Waals surface area contributed by atoms with Crippen LogP contribution in [0.15, 0.2) is 78.0 Å². The number of hydrogen-bond acceptors (Lipinski definition) is 4. The van der Waals surface area contributed by atoms with Crippen LogP contribution in [0.3, 0.4) is 0 Å². The first kappa shape index (κ1) is 19.6. The van der Waals surface area contributed by atoms with Crippen LogP contribution < -0.4 is 10.2 Å². The minimum absolute atomic E-state index is 0.362. The van der Waals surface area contributed by atoms with Gasteiger partial charge in [0.2, 0.25) is 0 Å². The number of rotatable bonds is 6. The van der Waals surface area contributed by atoms with Crippen molar-refractivity contribution in [2.24, 2.45) is 5.10 Å². The van der Waals surface area contributed by atoms with E-state index in [4.69, 9.17) is 16.3 Å². The number of carbonyl (C=O) groups excluding carboxylic acids is 1. The standard InChI is InChI=1S/C22H20ClN3O2/c1-15-14-18(23)11-12-20(15)28-16(2)22(27)26-25-21(17-8-4-3-5-9-17)19-10-6-7-13-24-19/h3-14,16H,1-2H3,(H,26,27)/t16-/m1/s1. The summed E-state index contributed by atoms with van der Waals surface area (Å²) in [5.41, 5.74) is 5.53. The van der Waals surface area contributed by atoms with Gasteiger partial charge in [-0.2, -0.15) is 5.10 Å². The molecule has 0 fully saturated rings. The Morgan fingerprint density at radius 2 is 1.86 bits per heavy atom. The lowest BCUT2D eigenvalue weighted by Gasteiger charge is -2.15. The van der Waals surface area contributed by atoms with Crippen molar-refractivity contribution in [1.29, 1.82) is 0 Å². The van der Waals surface area contributed by atoms with E-state index in [9.17, 15) is 4.79 Å². The Bertz CT molecular complexity index is 934. The third kappa shape index (κ3) is 4.96. The van der Waals surface area contributed by atoms with Gasteiger partial charge in [0.25, 0.3) is 5.91 Å². The normalized spacial score (nSPS) is 12.3. The maximum absolute atomic E-state index is 12.5. The molecule has 1 amide bonds. The van der Waals surface area contributed by atoms with Crippen LogP contribution >= 0.6 is 11.6 Å². The number of hydrogen-bond donors (Lipinski definition) is 1. The molecule has 6 heteroatoms. The smallest absolute Gasteiger partial charge is 0.280 e. The lowest BCUT2D eigenvalue weighted by Crippen LogP contribution is -2.34. The van der Waals surface area contributed by atoms with E-state index in [1.165, 1.54) is 0 Å². The first-order chi connectivity index (χ1) is 13.5. The fraction of sp³-hybridized carbons (Fsp3) is 0.136. The van der Waals surface area contributed by atoms with Crippen molar-refractivity contribution in [2.75, 3.05) is 0 Å². The first-order valence-corrected chi connectivity index (χ1v) is 9.19. The van der Waals surface area contributed by atoms with Gasteiger partial charge in [-0.05, 0) is 49.7 Å². The number of nitrogens with one attached hydrogen (secondary N) is 1. The molecule has 0 aliphatic rings. The second kappa shape index (κ2) is 9.15. The number of nitrogens with zero attached hydrogens (tertiary/aromatic N) is 2. The Balaban J connectivity index is 1.77. The van der Waals surface area contributed by atoms with Gasteiger partial charge in [-0.3, -0.25) is 9.78 Å². The van der Waals surface area contributed by atoms with E-state index < -0.39 is 6.10 Å². The van der Waals surface area contributed by atoms with Gasteiger partial charge in [-0.15, -0.1) is 0 Å². The predicted octanol–water partition coefficient (Wildman–Crippen LogP) is 4.38. The third-order valence-corrected chi connectivity index (χ3v) is 4.28. The number of aryl methyl sites for hydroxylation is 1. The molecule has 0 unspecified atom stereocenters. The molecule has 1 aromatic heterocycles. The van der Waals surface area contributed by atoms with Gasteiger partial charge in [0.05, 0.1) is 5.69 Å². The van der Waals surface area contributed by atoms with Crippen LogP contribution in [-0.2, 0) is 4.79 Å². The summed E-state index contributed by atoms with van der Waals surface area (Å²) < 4.78 is 5.75. The molecule has 0 aliphatic heterocycles. The van der Waals surface area contributed by atoms with Gasteiger partial charge in [-0.1, -0.05) is 48.0 Å². The zero-order chi connectivity index (χ0) is 19.9. The molecule has 1 N–H and O–H groups in total. The van der Waals surface area contributed by atoms with E-state index in [-0.39, 0.29) is 5.91 Å². The van der Waals surface area contributed by atoms with Crippen molar-refractivity contribution >= 4 is 23.2 Å². The van der Waals surface area contributed by atoms with Gasteiger partial charge in [0, 0.05) is 16.8 Å². The van der Waals surface area contributed by atoms with Gasteiger partial charge in [0.15, 0.2) is 6.10 Å². The number of carbonyl (C=O) groups is 1. The molecular weight excluding hydrogens is 374 g/mol. The molecule has 1 heterocycles.